The Hall–Kier alpha value is -2.42. The molecule has 3 aromatic heterocycles. The molecule has 0 aliphatic heterocycles. The molecule has 0 saturated heterocycles. The molecule has 0 radical (unpaired) electrons. The maximum Gasteiger partial charge on any atom is 0.406 e. The number of hydrogen-bond donors (Lipinski definition) is 0. The van der Waals surface area contributed by atoms with Crippen molar-refractivity contribution >= 4 is 28.3 Å². The van der Waals surface area contributed by atoms with E-state index in [2.05, 4.69) is 10.1 Å². The van der Waals surface area contributed by atoms with Crippen LogP contribution in [0.3, 0.4) is 0 Å². The molecule has 0 aliphatic rings. The number of rotatable bonds is 6. The van der Waals surface area contributed by atoms with Gasteiger partial charge in [0, 0.05) is 21.9 Å². The summed E-state index contributed by atoms with van der Waals surface area (Å²) in [5.41, 5.74) is 2.01. The quantitative estimate of drug-likeness (QED) is 0.510. The molecule has 29 heavy (non-hydrogen) atoms. The number of nitrogens with zero attached hydrogens (tertiary/aromatic N) is 3. The van der Waals surface area contributed by atoms with Crippen LogP contribution in [0.25, 0.3) is 22.4 Å². The Bertz CT molecular complexity index is 1040. The molecule has 0 aliphatic carbocycles. The highest BCUT2D eigenvalue weighted by Crippen LogP contribution is 2.33. The van der Waals surface area contributed by atoms with Gasteiger partial charge in [0.15, 0.2) is 0 Å². The molecular formula is C20H22F3N3O2S. The Kier molecular flexibility index (Phi) is 5.97. The van der Waals surface area contributed by atoms with Gasteiger partial charge in [0.1, 0.15) is 6.54 Å². The van der Waals surface area contributed by atoms with Crippen molar-refractivity contribution in [2.75, 3.05) is 13.1 Å². The summed E-state index contributed by atoms with van der Waals surface area (Å²) >= 11 is 1.58. The number of halogens is 3. The van der Waals surface area contributed by atoms with Gasteiger partial charge < -0.3 is 9.42 Å². The van der Waals surface area contributed by atoms with Crippen molar-refractivity contribution in [1.82, 2.24) is 15.0 Å². The fourth-order valence-corrected chi connectivity index (χ4v) is 4.21. The normalized spacial score (nSPS) is 12.0. The smallest absolute Gasteiger partial charge is 0.335 e. The second-order valence-corrected chi connectivity index (χ2v) is 8.49. The van der Waals surface area contributed by atoms with Crippen LogP contribution in [0.4, 0.5) is 13.2 Å². The average Bonchev–Trinajstić information content (AvgIpc) is 3.18. The maximum absolute atomic E-state index is 13.2. The third-order valence-electron chi connectivity index (χ3n) is 4.60. The van der Waals surface area contributed by atoms with Crippen molar-refractivity contribution in [3.8, 4) is 11.3 Å². The molecule has 156 valence electrons. The molecule has 0 bridgehead atoms. The van der Waals surface area contributed by atoms with E-state index in [1.807, 2.05) is 26.8 Å². The van der Waals surface area contributed by atoms with E-state index in [1.165, 1.54) is 0 Å². The van der Waals surface area contributed by atoms with E-state index in [-0.39, 0.29) is 17.8 Å². The number of aryl methyl sites for hydroxylation is 3. The van der Waals surface area contributed by atoms with Crippen LogP contribution in [-0.2, 0) is 0 Å². The Morgan fingerprint density at radius 2 is 1.97 bits per heavy atom. The first-order valence-electron chi connectivity index (χ1n) is 9.31. The fourth-order valence-electron chi connectivity index (χ4n) is 3.27. The highest BCUT2D eigenvalue weighted by atomic mass is 32.1. The van der Waals surface area contributed by atoms with Crippen LogP contribution >= 0.6 is 11.3 Å². The van der Waals surface area contributed by atoms with Crippen LogP contribution < -0.4 is 0 Å². The molecule has 9 heteroatoms. The van der Waals surface area contributed by atoms with Crippen LogP contribution in [-0.4, -0.2) is 40.2 Å². The van der Waals surface area contributed by atoms with Crippen molar-refractivity contribution in [2.45, 2.75) is 46.7 Å². The molecule has 0 spiro atoms. The average molecular weight is 425 g/mol. The third-order valence-corrected chi connectivity index (χ3v) is 5.57. The van der Waals surface area contributed by atoms with Crippen molar-refractivity contribution in [3.05, 3.63) is 33.1 Å². The molecule has 0 atom stereocenters. The first kappa shape index (κ1) is 21.3. The van der Waals surface area contributed by atoms with Gasteiger partial charge in [-0.3, -0.25) is 4.79 Å². The van der Waals surface area contributed by atoms with Crippen LogP contribution in [0.2, 0.25) is 0 Å². The Morgan fingerprint density at radius 3 is 2.55 bits per heavy atom. The zero-order chi connectivity index (χ0) is 21.3. The number of hydrogen-bond acceptors (Lipinski definition) is 5. The van der Waals surface area contributed by atoms with E-state index in [0.717, 1.165) is 20.2 Å². The number of thiophene rings is 1. The van der Waals surface area contributed by atoms with Crippen LogP contribution in [0, 0.1) is 20.8 Å². The second kappa shape index (κ2) is 8.14. The van der Waals surface area contributed by atoms with Gasteiger partial charge in [-0.25, -0.2) is 4.98 Å². The predicted octanol–water partition coefficient (Wildman–Crippen LogP) is 5.68. The molecule has 0 aromatic carbocycles. The van der Waals surface area contributed by atoms with Gasteiger partial charge >= 0.3 is 6.18 Å². The summed E-state index contributed by atoms with van der Waals surface area (Å²) in [7, 11) is 0. The fraction of sp³-hybridized carbons (Fsp3) is 0.450. The molecular weight excluding hydrogens is 403 g/mol. The number of pyridine rings is 1. The van der Waals surface area contributed by atoms with Crippen molar-refractivity contribution < 1.29 is 22.5 Å². The van der Waals surface area contributed by atoms with E-state index >= 15 is 0 Å². The number of unbranched alkanes of at least 4 members (excludes halogenated alkanes) is 1. The number of carbonyl (C=O) groups is 1. The van der Waals surface area contributed by atoms with Crippen molar-refractivity contribution in [1.29, 1.82) is 0 Å². The topological polar surface area (TPSA) is 59.2 Å². The van der Waals surface area contributed by atoms with Gasteiger partial charge in [-0.15, -0.1) is 11.3 Å². The largest absolute Gasteiger partial charge is 0.406 e. The predicted molar refractivity (Wildman–Crippen MR) is 106 cm³/mol. The lowest BCUT2D eigenvalue weighted by Gasteiger charge is -2.24. The molecule has 0 N–H and O–H groups in total. The summed E-state index contributed by atoms with van der Waals surface area (Å²) in [6, 6.07) is 3.49. The summed E-state index contributed by atoms with van der Waals surface area (Å²) in [6.45, 7) is 6.12. The van der Waals surface area contributed by atoms with Crippen molar-refractivity contribution in [3.63, 3.8) is 0 Å². The highest BCUT2D eigenvalue weighted by Gasteiger charge is 2.34. The molecule has 3 heterocycles. The molecule has 3 aromatic rings. The minimum atomic E-state index is -4.48. The Balaban J connectivity index is 2.13. The lowest BCUT2D eigenvalue weighted by molar-refractivity contribution is -0.140. The zero-order valence-electron chi connectivity index (χ0n) is 16.7. The maximum atomic E-state index is 13.2. The lowest BCUT2D eigenvalue weighted by Crippen LogP contribution is -2.39. The second-order valence-electron chi connectivity index (χ2n) is 7.03. The number of carbonyl (C=O) groups excluding carboxylic acids is 1. The zero-order valence-corrected chi connectivity index (χ0v) is 17.5. The number of fused-ring (bicyclic) bond motifs is 1. The van der Waals surface area contributed by atoms with Gasteiger partial charge in [0.2, 0.25) is 0 Å². The monoisotopic (exact) mass is 425 g/mol. The SMILES string of the molecule is CCCCN(CC(F)(F)F)C(=O)c1cc(-c2cc(C)sc2C)nc2onc(C)c12. The van der Waals surface area contributed by atoms with Crippen molar-refractivity contribution in [2.24, 2.45) is 0 Å². The van der Waals surface area contributed by atoms with E-state index in [1.54, 1.807) is 24.3 Å². The highest BCUT2D eigenvalue weighted by molar-refractivity contribution is 7.12. The standard InChI is InChI=1S/C20H22F3N3O2S/c1-5-6-7-26(10-20(21,22)23)19(27)15-9-16(14-8-11(2)29-13(14)4)24-18-17(15)12(3)25-28-18/h8-9H,5-7,10H2,1-4H3. The third kappa shape index (κ3) is 4.60. The molecule has 1 amide bonds. The molecule has 5 nitrogen and oxygen atoms in total. The van der Waals surface area contributed by atoms with Crippen LogP contribution in [0.5, 0.6) is 0 Å². The van der Waals surface area contributed by atoms with E-state index < -0.39 is 18.6 Å². The molecule has 0 saturated carbocycles. The van der Waals surface area contributed by atoms with E-state index in [0.29, 0.717) is 29.6 Å². The van der Waals surface area contributed by atoms with Gasteiger partial charge in [-0.2, -0.15) is 13.2 Å². The minimum Gasteiger partial charge on any atom is -0.335 e. The summed E-state index contributed by atoms with van der Waals surface area (Å²) in [6.07, 6.45) is -3.32. The summed E-state index contributed by atoms with van der Waals surface area (Å²) < 4.78 is 44.6. The van der Waals surface area contributed by atoms with Crippen LogP contribution in [0.1, 0.15) is 45.6 Å². The van der Waals surface area contributed by atoms with Gasteiger partial charge in [-0.1, -0.05) is 18.5 Å². The Morgan fingerprint density at radius 1 is 1.24 bits per heavy atom. The summed E-state index contributed by atoms with van der Waals surface area (Å²) in [4.78, 5) is 20.6. The first-order chi connectivity index (χ1) is 13.6. The van der Waals surface area contributed by atoms with Gasteiger partial charge in [0.05, 0.1) is 22.3 Å². The van der Waals surface area contributed by atoms with Crippen LogP contribution in [0.15, 0.2) is 16.7 Å². The van der Waals surface area contributed by atoms with E-state index in [9.17, 15) is 18.0 Å². The number of aromatic nitrogens is 2. The van der Waals surface area contributed by atoms with Gasteiger partial charge in [0.25, 0.3) is 11.6 Å². The lowest BCUT2D eigenvalue weighted by atomic mass is 10.0. The molecule has 0 unspecified atom stereocenters. The minimum absolute atomic E-state index is 0.0227. The summed E-state index contributed by atoms with van der Waals surface area (Å²) in [5, 5.41) is 4.22. The number of amides is 1. The first-order valence-corrected chi connectivity index (χ1v) is 10.1. The van der Waals surface area contributed by atoms with E-state index in [4.69, 9.17) is 4.52 Å². The van der Waals surface area contributed by atoms with Gasteiger partial charge in [-0.05, 0) is 39.3 Å². The number of alkyl halides is 3. The molecule has 3 rings (SSSR count). The Labute approximate surface area is 170 Å². The molecule has 0 fully saturated rings. The summed E-state index contributed by atoms with van der Waals surface area (Å²) in [5.74, 6) is -0.694.